The SMILES string of the molecule is Cl.O=C(NC1CCNCC1)c1ccc(F)cc1Cl. The second-order valence-electron chi connectivity index (χ2n) is 4.12. The van der Waals surface area contributed by atoms with Crippen LogP contribution in [0.4, 0.5) is 4.39 Å². The summed E-state index contributed by atoms with van der Waals surface area (Å²) in [5.41, 5.74) is 0.326. The van der Waals surface area contributed by atoms with E-state index < -0.39 is 5.82 Å². The van der Waals surface area contributed by atoms with Gasteiger partial charge in [-0.3, -0.25) is 4.79 Å². The molecule has 0 saturated carbocycles. The molecule has 1 aliphatic heterocycles. The average Bonchev–Trinajstić information content (AvgIpc) is 2.30. The summed E-state index contributed by atoms with van der Waals surface area (Å²) in [5, 5.41) is 6.28. The molecule has 1 heterocycles. The highest BCUT2D eigenvalue weighted by Gasteiger charge is 2.18. The fourth-order valence-electron chi connectivity index (χ4n) is 1.90. The topological polar surface area (TPSA) is 41.1 Å². The van der Waals surface area contributed by atoms with Crippen LogP contribution >= 0.6 is 24.0 Å². The number of hydrogen-bond donors (Lipinski definition) is 2. The first-order valence-electron chi connectivity index (χ1n) is 5.63. The Bertz CT molecular complexity index is 423. The highest BCUT2D eigenvalue weighted by Crippen LogP contribution is 2.17. The second-order valence-corrected chi connectivity index (χ2v) is 4.53. The summed E-state index contributed by atoms with van der Waals surface area (Å²) in [4.78, 5) is 11.9. The Morgan fingerprint density at radius 3 is 2.67 bits per heavy atom. The predicted octanol–water partition coefficient (Wildman–Crippen LogP) is 2.38. The molecule has 0 aromatic heterocycles. The van der Waals surface area contributed by atoms with Crippen molar-refractivity contribution < 1.29 is 9.18 Å². The summed E-state index contributed by atoms with van der Waals surface area (Å²) >= 11 is 5.83. The van der Waals surface area contributed by atoms with Gasteiger partial charge >= 0.3 is 0 Å². The normalized spacial score (nSPS) is 15.9. The van der Waals surface area contributed by atoms with Crippen LogP contribution in [-0.2, 0) is 0 Å². The number of benzene rings is 1. The lowest BCUT2D eigenvalue weighted by molar-refractivity contribution is 0.0929. The van der Waals surface area contributed by atoms with Gasteiger partial charge in [0.05, 0.1) is 10.6 Å². The molecule has 3 nitrogen and oxygen atoms in total. The smallest absolute Gasteiger partial charge is 0.253 e. The molecule has 6 heteroatoms. The highest BCUT2D eigenvalue weighted by molar-refractivity contribution is 6.33. The molecule has 0 radical (unpaired) electrons. The van der Waals surface area contributed by atoms with Crippen LogP contribution in [0.1, 0.15) is 23.2 Å². The minimum Gasteiger partial charge on any atom is -0.349 e. The van der Waals surface area contributed by atoms with E-state index in [1.54, 1.807) is 0 Å². The first-order chi connectivity index (χ1) is 8.16. The Balaban J connectivity index is 0.00000162. The van der Waals surface area contributed by atoms with Gasteiger partial charge in [0.25, 0.3) is 5.91 Å². The number of halogens is 3. The summed E-state index contributed by atoms with van der Waals surface area (Å²) in [6.07, 6.45) is 1.81. The summed E-state index contributed by atoms with van der Waals surface area (Å²) in [5.74, 6) is -0.671. The minimum atomic E-state index is -0.437. The van der Waals surface area contributed by atoms with Gasteiger partial charge in [-0.1, -0.05) is 11.6 Å². The van der Waals surface area contributed by atoms with Crippen molar-refractivity contribution in [3.63, 3.8) is 0 Å². The molecular formula is C12H15Cl2FN2O. The number of carbonyl (C=O) groups is 1. The molecule has 2 N–H and O–H groups in total. The zero-order chi connectivity index (χ0) is 12.3. The standard InChI is InChI=1S/C12H14ClFN2O.ClH/c13-11-7-8(14)1-2-10(11)12(17)16-9-3-5-15-6-4-9;/h1-2,7,9,15H,3-6H2,(H,16,17);1H. The van der Waals surface area contributed by atoms with Gasteiger partial charge in [-0.2, -0.15) is 0 Å². The van der Waals surface area contributed by atoms with Crippen molar-refractivity contribution in [2.45, 2.75) is 18.9 Å². The Morgan fingerprint density at radius 1 is 1.39 bits per heavy atom. The largest absolute Gasteiger partial charge is 0.349 e. The van der Waals surface area contributed by atoms with Gasteiger partial charge in [-0.05, 0) is 44.1 Å². The van der Waals surface area contributed by atoms with Crippen LogP contribution in [-0.4, -0.2) is 25.0 Å². The summed E-state index contributed by atoms with van der Waals surface area (Å²) < 4.78 is 12.8. The van der Waals surface area contributed by atoms with Crippen LogP contribution in [0.2, 0.25) is 5.02 Å². The maximum absolute atomic E-state index is 12.8. The Morgan fingerprint density at radius 2 is 2.06 bits per heavy atom. The monoisotopic (exact) mass is 292 g/mol. The zero-order valence-electron chi connectivity index (χ0n) is 9.71. The van der Waals surface area contributed by atoms with Crippen LogP contribution in [0, 0.1) is 5.82 Å². The molecular weight excluding hydrogens is 278 g/mol. The molecule has 0 atom stereocenters. The molecule has 1 aromatic carbocycles. The molecule has 0 unspecified atom stereocenters. The van der Waals surface area contributed by atoms with Gasteiger partial charge in [-0.25, -0.2) is 4.39 Å². The number of piperidine rings is 1. The molecule has 1 aromatic rings. The van der Waals surface area contributed by atoms with E-state index in [1.807, 2.05) is 0 Å². The lowest BCUT2D eigenvalue weighted by atomic mass is 10.1. The van der Waals surface area contributed by atoms with E-state index in [1.165, 1.54) is 12.1 Å². The van der Waals surface area contributed by atoms with Gasteiger partial charge in [-0.15, -0.1) is 12.4 Å². The lowest BCUT2D eigenvalue weighted by Gasteiger charge is -2.23. The molecule has 1 aliphatic rings. The number of hydrogen-bond acceptors (Lipinski definition) is 2. The van der Waals surface area contributed by atoms with E-state index >= 15 is 0 Å². The van der Waals surface area contributed by atoms with Crippen molar-refractivity contribution in [2.24, 2.45) is 0 Å². The van der Waals surface area contributed by atoms with Crippen molar-refractivity contribution in [1.29, 1.82) is 0 Å². The number of amides is 1. The zero-order valence-corrected chi connectivity index (χ0v) is 11.3. The van der Waals surface area contributed by atoms with Crippen molar-refractivity contribution >= 4 is 29.9 Å². The van der Waals surface area contributed by atoms with Crippen LogP contribution in [0.25, 0.3) is 0 Å². The van der Waals surface area contributed by atoms with Crippen molar-refractivity contribution in [3.05, 3.63) is 34.6 Å². The van der Waals surface area contributed by atoms with Crippen LogP contribution < -0.4 is 10.6 Å². The Labute approximate surface area is 116 Å². The molecule has 0 aliphatic carbocycles. The van der Waals surface area contributed by atoms with Gasteiger partial charge in [0, 0.05) is 6.04 Å². The van der Waals surface area contributed by atoms with E-state index in [9.17, 15) is 9.18 Å². The van der Waals surface area contributed by atoms with Crippen LogP contribution in [0.15, 0.2) is 18.2 Å². The maximum atomic E-state index is 12.8. The quantitative estimate of drug-likeness (QED) is 0.879. The molecule has 1 saturated heterocycles. The van der Waals surface area contributed by atoms with Gasteiger partial charge < -0.3 is 10.6 Å². The van der Waals surface area contributed by atoms with Crippen molar-refractivity contribution in [3.8, 4) is 0 Å². The number of nitrogens with one attached hydrogen (secondary N) is 2. The Hall–Kier alpha value is -0.840. The van der Waals surface area contributed by atoms with Gasteiger partial charge in [0.15, 0.2) is 0 Å². The summed E-state index contributed by atoms with van der Waals surface area (Å²) in [6, 6.07) is 3.97. The maximum Gasteiger partial charge on any atom is 0.253 e. The van der Waals surface area contributed by atoms with E-state index in [0.29, 0.717) is 5.56 Å². The third-order valence-corrected chi connectivity index (χ3v) is 3.16. The molecule has 18 heavy (non-hydrogen) atoms. The van der Waals surface area contributed by atoms with Crippen molar-refractivity contribution in [2.75, 3.05) is 13.1 Å². The van der Waals surface area contributed by atoms with Crippen molar-refractivity contribution in [1.82, 2.24) is 10.6 Å². The third-order valence-electron chi connectivity index (χ3n) is 2.85. The Kier molecular flexibility index (Phi) is 5.85. The van der Waals surface area contributed by atoms with E-state index in [4.69, 9.17) is 11.6 Å². The highest BCUT2D eigenvalue weighted by atomic mass is 35.5. The minimum absolute atomic E-state index is 0. The first kappa shape index (κ1) is 15.2. The second kappa shape index (κ2) is 6.92. The van der Waals surface area contributed by atoms with Crippen LogP contribution in [0.5, 0.6) is 0 Å². The fourth-order valence-corrected chi connectivity index (χ4v) is 2.16. The van der Waals surface area contributed by atoms with E-state index in [0.717, 1.165) is 32.0 Å². The molecule has 0 spiro atoms. The van der Waals surface area contributed by atoms with Crippen LogP contribution in [0.3, 0.4) is 0 Å². The van der Waals surface area contributed by atoms with Gasteiger partial charge in [0.1, 0.15) is 5.82 Å². The molecule has 0 bridgehead atoms. The number of rotatable bonds is 2. The third kappa shape index (κ3) is 3.83. The average molecular weight is 293 g/mol. The molecule has 2 rings (SSSR count). The molecule has 1 amide bonds. The number of carbonyl (C=O) groups excluding carboxylic acids is 1. The van der Waals surface area contributed by atoms with Gasteiger partial charge in [0.2, 0.25) is 0 Å². The van der Waals surface area contributed by atoms with E-state index in [2.05, 4.69) is 10.6 Å². The first-order valence-corrected chi connectivity index (χ1v) is 6.01. The molecule has 100 valence electrons. The predicted molar refractivity (Wildman–Crippen MR) is 72.0 cm³/mol. The molecule has 1 fully saturated rings. The summed E-state index contributed by atoms with van der Waals surface area (Å²) in [7, 11) is 0. The lowest BCUT2D eigenvalue weighted by Crippen LogP contribution is -2.42. The van der Waals surface area contributed by atoms with E-state index in [-0.39, 0.29) is 29.4 Å². The summed E-state index contributed by atoms with van der Waals surface area (Å²) in [6.45, 7) is 1.81. The fraction of sp³-hybridized carbons (Fsp3) is 0.417.